The van der Waals surface area contributed by atoms with E-state index in [1.807, 2.05) is 6.92 Å². The Labute approximate surface area is 49.2 Å². The van der Waals surface area contributed by atoms with Crippen molar-refractivity contribution in [3.8, 4) is 0 Å². The Kier molecular flexibility index (Phi) is 3.35. The van der Waals surface area contributed by atoms with Gasteiger partial charge in [-0.1, -0.05) is 12.1 Å². The number of rotatable bonds is 3. The monoisotopic (exact) mass is 116 g/mol. The van der Waals surface area contributed by atoms with Gasteiger partial charge in [0, 0.05) is 6.04 Å². The fourth-order valence-electron chi connectivity index (χ4n) is 0.542. The van der Waals surface area contributed by atoms with Crippen molar-refractivity contribution in [2.24, 2.45) is 10.9 Å². The molecule has 8 heavy (non-hydrogen) atoms. The maximum Gasteiger partial charge on any atom is 0.106 e. The summed E-state index contributed by atoms with van der Waals surface area (Å²) in [4.78, 5) is 9.85. The van der Waals surface area contributed by atoms with E-state index in [9.17, 15) is 4.91 Å². The predicted molar refractivity (Wildman–Crippen MR) is 33.5 cm³/mol. The van der Waals surface area contributed by atoms with Crippen molar-refractivity contribution in [1.82, 2.24) is 0 Å². The second-order valence-electron chi connectivity index (χ2n) is 1.94. The lowest BCUT2D eigenvalue weighted by molar-refractivity contribution is 0.544. The number of hydrogen-bond donors (Lipinski definition) is 1. The molecule has 0 fully saturated rings. The Hall–Kier alpha value is -0.440. The Morgan fingerprint density at radius 3 is 2.25 bits per heavy atom. The Morgan fingerprint density at radius 2 is 2.25 bits per heavy atom. The molecule has 0 rings (SSSR count). The van der Waals surface area contributed by atoms with E-state index >= 15 is 0 Å². The second kappa shape index (κ2) is 3.55. The third kappa shape index (κ3) is 2.02. The van der Waals surface area contributed by atoms with Gasteiger partial charge >= 0.3 is 0 Å². The number of hydrogen-bond acceptors (Lipinski definition) is 3. The zero-order valence-corrected chi connectivity index (χ0v) is 5.29. The van der Waals surface area contributed by atoms with E-state index in [4.69, 9.17) is 5.73 Å². The van der Waals surface area contributed by atoms with Gasteiger partial charge in [0.1, 0.15) is 6.04 Å². The maximum atomic E-state index is 9.85. The molecule has 0 radical (unpaired) electrons. The third-order valence-corrected chi connectivity index (χ3v) is 1.16. The molecule has 2 unspecified atom stereocenters. The van der Waals surface area contributed by atoms with Crippen molar-refractivity contribution in [3.05, 3.63) is 4.91 Å². The lowest BCUT2D eigenvalue weighted by Gasteiger charge is -2.07. The van der Waals surface area contributed by atoms with Crippen LogP contribution in [0.4, 0.5) is 0 Å². The standard InChI is InChI=1S/C5H12N2O/c1-3-5(7-8)4(2)6/h4-5H,3,6H2,1-2H3. The Morgan fingerprint density at radius 1 is 1.75 bits per heavy atom. The van der Waals surface area contributed by atoms with Gasteiger partial charge in [-0.3, -0.25) is 0 Å². The van der Waals surface area contributed by atoms with E-state index in [-0.39, 0.29) is 12.1 Å². The highest BCUT2D eigenvalue weighted by Crippen LogP contribution is 1.98. The zero-order chi connectivity index (χ0) is 6.57. The van der Waals surface area contributed by atoms with Gasteiger partial charge < -0.3 is 5.73 Å². The van der Waals surface area contributed by atoms with Crippen LogP contribution in [0.1, 0.15) is 20.3 Å². The van der Waals surface area contributed by atoms with E-state index in [0.29, 0.717) is 0 Å². The second-order valence-corrected chi connectivity index (χ2v) is 1.94. The smallest absolute Gasteiger partial charge is 0.106 e. The maximum absolute atomic E-state index is 9.85. The molecule has 0 heterocycles. The number of nitrogens with two attached hydrogens (primary N) is 1. The Bertz CT molecular complexity index is 72.8. The Balaban J connectivity index is 3.51. The average molecular weight is 116 g/mol. The zero-order valence-electron chi connectivity index (χ0n) is 5.29. The highest BCUT2D eigenvalue weighted by molar-refractivity contribution is 4.72. The summed E-state index contributed by atoms with van der Waals surface area (Å²) in [5, 5.41) is 2.83. The van der Waals surface area contributed by atoms with E-state index in [1.54, 1.807) is 6.92 Å². The normalized spacial score (nSPS) is 17.4. The van der Waals surface area contributed by atoms with Crippen LogP contribution in [0.3, 0.4) is 0 Å². The minimum Gasteiger partial charge on any atom is -0.326 e. The van der Waals surface area contributed by atoms with Crippen LogP contribution in [-0.2, 0) is 0 Å². The summed E-state index contributed by atoms with van der Waals surface area (Å²) in [6.07, 6.45) is 0.737. The van der Waals surface area contributed by atoms with Gasteiger partial charge in [-0.2, -0.15) is 4.91 Å². The van der Waals surface area contributed by atoms with Crippen molar-refractivity contribution in [3.63, 3.8) is 0 Å². The van der Waals surface area contributed by atoms with Crippen LogP contribution in [0.25, 0.3) is 0 Å². The molecule has 0 amide bonds. The summed E-state index contributed by atoms with van der Waals surface area (Å²) in [6.45, 7) is 3.69. The molecule has 0 aliphatic rings. The van der Waals surface area contributed by atoms with Crippen LogP contribution in [0, 0.1) is 4.91 Å². The first-order valence-electron chi connectivity index (χ1n) is 2.80. The molecule has 0 aliphatic carbocycles. The van der Waals surface area contributed by atoms with Crippen LogP contribution in [0.2, 0.25) is 0 Å². The van der Waals surface area contributed by atoms with Crippen molar-refractivity contribution >= 4 is 0 Å². The topological polar surface area (TPSA) is 55.5 Å². The van der Waals surface area contributed by atoms with Crippen LogP contribution in [0.5, 0.6) is 0 Å². The van der Waals surface area contributed by atoms with Crippen molar-refractivity contribution in [2.75, 3.05) is 0 Å². The van der Waals surface area contributed by atoms with Crippen LogP contribution in [0.15, 0.2) is 5.18 Å². The molecule has 0 aliphatic heterocycles. The molecular weight excluding hydrogens is 104 g/mol. The van der Waals surface area contributed by atoms with Crippen LogP contribution >= 0.6 is 0 Å². The number of nitroso groups, excluding NO2 is 1. The third-order valence-electron chi connectivity index (χ3n) is 1.16. The molecule has 0 aromatic heterocycles. The van der Waals surface area contributed by atoms with Gasteiger partial charge in [-0.15, -0.1) is 0 Å². The molecule has 0 saturated carbocycles. The fraction of sp³-hybridized carbons (Fsp3) is 1.00. The lowest BCUT2D eigenvalue weighted by Crippen LogP contribution is -2.28. The molecule has 3 nitrogen and oxygen atoms in total. The SMILES string of the molecule is CCC(N=O)C(C)N. The molecule has 48 valence electrons. The van der Waals surface area contributed by atoms with Crippen molar-refractivity contribution in [2.45, 2.75) is 32.4 Å². The summed E-state index contributed by atoms with van der Waals surface area (Å²) in [5.41, 5.74) is 5.36. The van der Waals surface area contributed by atoms with E-state index < -0.39 is 0 Å². The quantitative estimate of drug-likeness (QED) is 0.556. The summed E-state index contributed by atoms with van der Waals surface area (Å²) >= 11 is 0. The highest BCUT2D eigenvalue weighted by Gasteiger charge is 2.09. The molecule has 2 N–H and O–H groups in total. The van der Waals surface area contributed by atoms with Crippen molar-refractivity contribution in [1.29, 1.82) is 0 Å². The van der Waals surface area contributed by atoms with Gasteiger partial charge in [0.25, 0.3) is 0 Å². The summed E-state index contributed by atoms with van der Waals surface area (Å²) in [6, 6.07) is -0.299. The molecule has 0 bridgehead atoms. The summed E-state index contributed by atoms with van der Waals surface area (Å²) in [5.74, 6) is 0. The number of nitrogens with zero attached hydrogens (tertiary/aromatic N) is 1. The van der Waals surface area contributed by atoms with Gasteiger partial charge in [0.05, 0.1) is 0 Å². The van der Waals surface area contributed by atoms with Gasteiger partial charge in [0.2, 0.25) is 0 Å². The highest BCUT2D eigenvalue weighted by atomic mass is 16.3. The first-order valence-corrected chi connectivity index (χ1v) is 2.80. The van der Waals surface area contributed by atoms with E-state index in [1.165, 1.54) is 0 Å². The molecule has 0 aromatic rings. The summed E-state index contributed by atoms with van der Waals surface area (Å²) < 4.78 is 0. The summed E-state index contributed by atoms with van der Waals surface area (Å²) in [7, 11) is 0. The van der Waals surface area contributed by atoms with Crippen molar-refractivity contribution < 1.29 is 0 Å². The molecular formula is C5H12N2O. The molecule has 3 heteroatoms. The molecule has 0 aromatic carbocycles. The first-order chi connectivity index (χ1) is 3.72. The van der Waals surface area contributed by atoms with E-state index in [2.05, 4.69) is 5.18 Å². The minimum atomic E-state index is -0.199. The average Bonchev–Trinajstić information content (AvgIpc) is 1.69. The fourth-order valence-corrected chi connectivity index (χ4v) is 0.542. The van der Waals surface area contributed by atoms with Gasteiger partial charge in [-0.25, -0.2) is 0 Å². The van der Waals surface area contributed by atoms with Crippen LogP contribution < -0.4 is 5.73 Å². The van der Waals surface area contributed by atoms with Crippen LogP contribution in [-0.4, -0.2) is 12.1 Å². The molecule has 0 spiro atoms. The molecule has 2 atom stereocenters. The molecule has 0 saturated heterocycles. The predicted octanol–water partition coefficient (Wildman–Crippen LogP) is 0.879. The van der Waals surface area contributed by atoms with E-state index in [0.717, 1.165) is 6.42 Å². The lowest BCUT2D eigenvalue weighted by atomic mass is 10.1. The van der Waals surface area contributed by atoms with Gasteiger partial charge in [0.15, 0.2) is 0 Å². The minimum absolute atomic E-state index is 0.0995. The largest absolute Gasteiger partial charge is 0.326 e. The first kappa shape index (κ1) is 7.56. The van der Waals surface area contributed by atoms with Gasteiger partial charge in [-0.05, 0) is 13.3 Å².